The van der Waals surface area contributed by atoms with Crippen molar-refractivity contribution < 1.29 is 19.4 Å². The van der Waals surface area contributed by atoms with Crippen molar-refractivity contribution in [2.24, 2.45) is 0 Å². The Morgan fingerprint density at radius 1 is 1.29 bits per heavy atom. The summed E-state index contributed by atoms with van der Waals surface area (Å²) in [6.45, 7) is 3.04. The summed E-state index contributed by atoms with van der Waals surface area (Å²) in [6, 6.07) is 7.76. The largest absolute Gasteiger partial charge is 0.497 e. The van der Waals surface area contributed by atoms with E-state index in [0.29, 0.717) is 19.6 Å². The van der Waals surface area contributed by atoms with E-state index in [1.165, 1.54) is 11.8 Å². The molecule has 0 heterocycles. The molecular formula is C19H28O4S. The van der Waals surface area contributed by atoms with Crippen LogP contribution in [0, 0.1) is 0 Å². The minimum atomic E-state index is -0.352. The summed E-state index contributed by atoms with van der Waals surface area (Å²) in [4.78, 5) is 11.3. The Kier molecular flexibility index (Phi) is 11.3. The lowest BCUT2D eigenvalue weighted by Gasteiger charge is -2.10. The van der Waals surface area contributed by atoms with Crippen molar-refractivity contribution in [3.63, 3.8) is 0 Å². The van der Waals surface area contributed by atoms with Gasteiger partial charge in [0.1, 0.15) is 5.75 Å². The van der Waals surface area contributed by atoms with Crippen molar-refractivity contribution in [1.29, 1.82) is 0 Å². The highest BCUT2D eigenvalue weighted by molar-refractivity contribution is 8.14. The summed E-state index contributed by atoms with van der Waals surface area (Å²) in [5.41, 5.74) is 1.09. The van der Waals surface area contributed by atoms with Gasteiger partial charge in [0.2, 0.25) is 5.12 Å². The molecule has 0 aromatic heterocycles. The van der Waals surface area contributed by atoms with Crippen molar-refractivity contribution in [3.05, 3.63) is 42.0 Å². The third-order valence-corrected chi connectivity index (χ3v) is 4.18. The van der Waals surface area contributed by atoms with Gasteiger partial charge >= 0.3 is 0 Å². The molecule has 0 amide bonds. The summed E-state index contributed by atoms with van der Waals surface area (Å²) in [5, 5.41) is 10.0. The fourth-order valence-corrected chi connectivity index (χ4v) is 2.59. The van der Waals surface area contributed by atoms with Crippen LogP contribution >= 0.6 is 11.8 Å². The summed E-state index contributed by atoms with van der Waals surface area (Å²) in [7, 11) is 1.64. The number of unbranched alkanes of at least 4 members (excludes halogenated alkanes) is 1. The fourth-order valence-electron chi connectivity index (χ4n) is 2.12. The standard InChI is InChI=1S/C19H28O4S/c1-3-24-19(21)8-6-4-5-7-17(20)13-14-23-15-16-9-11-18(22-2)12-10-16/h6,8-12,17,20H,3-5,7,13-15H2,1-2H3/b8-6+. The Morgan fingerprint density at radius 3 is 2.71 bits per heavy atom. The van der Waals surface area contributed by atoms with Crippen LogP contribution in [0.2, 0.25) is 0 Å². The first-order valence-electron chi connectivity index (χ1n) is 8.37. The number of benzene rings is 1. The maximum atomic E-state index is 11.3. The van der Waals surface area contributed by atoms with E-state index < -0.39 is 0 Å². The van der Waals surface area contributed by atoms with Crippen LogP contribution in [0.4, 0.5) is 0 Å². The van der Waals surface area contributed by atoms with Gasteiger partial charge in [0.25, 0.3) is 0 Å². The van der Waals surface area contributed by atoms with Gasteiger partial charge in [-0.15, -0.1) is 0 Å². The van der Waals surface area contributed by atoms with E-state index in [1.807, 2.05) is 37.3 Å². The molecule has 0 bridgehead atoms. The Bertz CT molecular complexity index is 485. The van der Waals surface area contributed by atoms with Crippen LogP contribution in [0.25, 0.3) is 0 Å². The summed E-state index contributed by atoms with van der Waals surface area (Å²) in [5.74, 6) is 1.64. The molecule has 0 fully saturated rings. The van der Waals surface area contributed by atoms with Gasteiger partial charge < -0.3 is 14.6 Å². The Labute approximate surface area is 149 Å². The van der Waals surface area contributed by atoms with E-state index in [2.05, 4.69) is 0 Å². The van der Waals surface area contributed by atoms with Gasteiger partial charge in [-0.3, -0.25) is 4.79 Å². The number of methoxy groups -OCH3 is 1. The number of carbonyl (C=O) groups is 1. The molecule has 1 atom stereocenters. The second-order valence-corrected chi connectivity index (χ2v) is 6.70. The maximum Gasteiger partial charge on any atom is 0.211 e. The van der Waals surface area contributed by atoms with E-state index in [9.17, 15) is 9.90 Å². The highest BCUT2D eigenvalue weighted by Crippen LogP contribution is 2.12. The number of aliphatic hydroxyl groups is 1. The Balaban J connectivity index is 2.05. The third kappa shape index (κ3) is 9.75. The summed E-state index contributed by atoms with van der Waals surface area (Å²) >= 11 is 1.31. The lowest BCUT2D eigenvalue weighted by Crippen LogP contribution is -2.10. The molecule has 1 unspecified atom stereocenters. The van der Waals surface area contributed by atoms with Gasteiger partial charge in [0.15, 0.2) is 0 Å². The molecular weight excluding hydrogens is 324 g/mol. The second-order valence-electron chi connectivity index (χ2n) is 5.43. The number of hydrogen-bond donors (Lipinski definition) is 1. The van der Waals surface area contributed by atoms with Gasteiger partial charge in [-0.2, -0.15) is 0 Å². The molecule has 1 aromatic rings. The first-order valence-corrected chi connectivity index (χ1v) is 9.36. The SMILES string of the molecule is CCSC(=O)/C=C/CCCC(O)CCOCc1ccc(OC)cc1. The van der Waals surface area contributed by atoms with E-state index in [-0.39, 0.29) is 11.2 Å². The van der Waals surface area contributed by atoms with Crippen molar-refractivity contribution in [2.75, 3.05) is 19.5 Å². The average molecular weight is 352 g/mol. The minimum Gasteiger partial charge on any atom is -0.497 e. The molecule has 0 radical (unpaired) electrons. The normalized spacial score (nSPS) is 12.5. The van der Waals surface area contributed by atoms with Crippen LogP contribution in [0.1, 0.15) is 38.2 Å². The Hall–Kier alpha value is -1.30. The fraction of sp³-hybridized carbons (Fsp3) is 0.526. The van der Waals surface area contributed by atoms with Crippen molar-refractivity contribution in [2.45, 2.75) is 45.3 Å². The van der Waals surface area contributed by atoms with Crippen LogP contribution < -0.4 is 4.74 Å². The number of thioether (sulfide) groups is 1. The number of carbonyl (C=O) groups excluding carboxylic acids is 1. The number of rotatable bonds is 12. The monoisotopic (exact) mass is 352 g/mol. The first-order chi connectivity index (χ1) is 11.7. The Morgan fingerprint density at radius 2 is 2.04 bits per heavy atom. The van der Waals surface area contributed by atoms with Crippen molar-refractivity contribution >= 4 is 16.9 Å². The molecule has 0 saturated heterocycles. The van der Waals surface area contributed by atoms with Gasteiger partial charge in [0, 0.05) is 6.61 Å². The topological polar surface area (TPSA) is 55.8 Å². The van der Waals surface area contributed by atoms with Gasteiger partial charge in [-0.1, -0.05) is 36.9 Å². The lowest BCUT2D eigenvalue weighted by atomic mass is 10.1. The number of ether oxygens (including phenoxy) is 2. The second kappa shape index (κ2) is 13.0. The third-order valence-electron chi connectivity index (χ3n) is 3.47. The molecule has 5 heteroatoms. The van der Waals surface area contributed by atoms with Gasteiger partial charge in [0.05, 0.1) is 19.8 Å². The van der Waals surface area contributed by atoms with Crippen molar-refractivity contribution in [3.8, 4) is 5.75 Å². The molecule has 4 nitrogen and oxygen atoms in total. The van der Waals surface area contributed by atoms with Crippen LogP contribution in [0.15, 0.2) is 36.4 Å². The van der Waals surface area contributed by atoms with Crippen LogP contribution in [-0.2, 0) is 16.1 Å². The quantitative estimate of drug-likeness (QED) is 0.456. The molecule has 1 rings (SSSR count). The van der Waals surface area contributed by atoms with Crippen molar-refractivity contribution in [1.82, 2.24) is 0 Å². The van der Waals surface area contributed by atoms with Crippen LogP contribution in [-0.4, -0.2) is 35.8 Å². The molecule has 1 N–H and O–H groups in total. The predicted octanol–water partition coefficient (Wildman–Crippen LogP) is 3.97. The number of hydrogen-bond acceptors (Lipinski definition) is 5. The molecule has 1 aromatic carbocycles. The minimum absolute atomic E-state index is 0.102. The van der Waals surface area contributed by atoms with Crippen LogP contribution in [0.3, 0.4) is 0 Å². The van der Waals surface area contributed by atoms with Gasteiger partial charge in [-0.25, -0.2) is 0 Å². The molecule has 0 aliphatic heterocycles. The average Bonchev–Trinajstić information content (AvgIpc) is 2.59. The van der Waals surface area contributed by atoms with Gasteiger partial charge in [-0.05, 0) is 55.2 Å². The number of aliphatic hydroxyl groups excluding tert-OH is 1. The first kappa shape index (κ1) is 20.7. The van der Waals surface area contributed by atoms with E-state index in [0.717, 1.165) is 36.3 Å². The molecule has 0 aliphatic rings. The highest BCUT2D eigenvalue weighted by Gasteiger charge is 2.04. The summed E-state index contributed by atoms with van der Waals surface area (Å²) < 4.78 is 10.7. The molecule has 24 heavy (non-hydrogen) atoms. The molecule has 134 valence electrons. The zero-order chi connectivity index (χ0) is 17.6. The van der Waals surface area contributed by atoms with E-state index >= 15 is 0 Å². The highest BCUT2D eigenvalue weighted by atomic mass is 32.2. The van der Waals surface area contributed by atoms with Crippen LogP contribution in [0.5, 0.6) is 5.75 Å². The van der Waals surface area contributed by atoms with E-state index in [4.69, 9.17) is 9.47 Å². The zero-order valence-electron chi connectivity index (χ0n) is 14.6. The molecule has 0 spiro atoms. The predicted molar refractivity (Wildman–Crippen MR) is 99.4 cm³/mol. The summed E-state index contributed by atoms with van der Waals surface area (Å²) in [6.07, 6.45) is 6.21. The van der Waals surface area contributed by atoms with E-state index in [1.54, 1.807) is 13.2 Å². The number of allylic oxidation sites excluding steroid dienone is 1. The molecule has 0 aliphatic carbocycles. The smallest absolute Gasteiger partial charge is 0.211 e. The maximum absolute atomic E-state index is 11.3. The lowest BCUT2D eigenvalue weighted by molar-refractivity contribution is -0.107. The molecule has 0 saturated carbocycles. The zero-order valence-corrected chi connectivity index (χ0v) is 15.4.